The van der Waals surface area contributed by atoms with Crippen LogP contribution in [0.15, 0.2) is 23.1 Å². The van der Waals surface area contributed by atoms with Gasteiger partial charge < -0.3 is 5.11 Å². The molecule has 1 heterocycles. The number of aliphatic hydroxyl groups is 1. The highest BCUT2D eigenvalue weighted by Crippen LogP contribution is 2.24. The maximum atomic E-state index is 12.9. The van der Waals surface area contributed by atoms with Gasteiger partial charge in [-0.2, -0.15) is 4.31 Å². The van der Waals surface area contributed by atoms with Crippen molar-refractivity contribution in [3.05, 3.63) is 29.0 Å². The minimum atomic E-state index is -3.69. The fourth-order valence-corrected chi connectivity index (χ4v) is 3.48. The summed E-state index contributed by atoms with van der Waals surface area (Å²) in [7, 11) is -3.69. The van der Waals surface area contributed by atoms with E-state index in [4.69, 9.17) is 11.6 Å². The number of sulfonamides is 1. The second kappa shape index (κ2) is 4.53. The Morgan fingerprint density at radius 1 is 1.47 bits per heavy atom. The van der Waals surface area contributed by atoms with Crippen LogP contribution in [0.2, 0.25) is 5.02 Å². The Kier molecular flexibility index (Phi) is 3.40. The Balaban J connectivity index is 2.35. The summed E-state index contributed by atoms with van der Waals surface area (Å²) in [5.41, 5.74) is 0. The van der Waals surface area contributed by atoms with Gasteiger partial charge in [0.05, 0.1) is 16.0 Å². The Morgan fingerprint density at radius 2 is 2.18 bits per heavy atom. The van der Waals surface area contributed by atoms with Crippen molar-refractivity contribution in [3.63, 3.8) is 0 Å². The van der Waals surface area contributed by atoms with Gasteiger partial charge in [-0.3, -0.25) is 0 Å². The minimum absolute atomic E-state index is 0.0574. The standard InChI is InChI=1S/C10H11ClFNO3S/c11-9-5-8(1-2-10(9)12)17(15,16)13-4-3-7(14)6-13/h1-2,5,7,14H,3-4,6H2/t7-/m0/s1. The molecule has 0 aliphatic carbocycles. The number of hydrogen-bond donors (Lipinski definition) is 1. The van der Waals surface area contributed by atoms with Crippen molar-refractivity contribution in [1.82, 2.24) is 4.31 Å². The fraction of sp³-hybridized carbons (Fsp3) is 0.400. The normalized spacial score (nSPS) is 21.9. The molecular weight excluding hydrogens is 269 g/mol. The van der Waals surface area contributed by atoms with E-state index >= 15 is 0 Å². The van der Waals surface area contributed by atoms with Crippen LogP contribution in [0.5, 0.6) is 0 Å². The third-order valence-electron chi connectivity index (χ3n) is 2.65. The molecule has 1 aliphatic rings. The van der Waals surface area contributed by atoms with Crippen molar-refractivity contribution in [3.8, 4) is 0 Å². The highest BCUT2D eigenvalue weighted by atomic mass is 35.5. The number of aliphatic hydroxyl groups excluding tert-OH is 1. The lowest BCUT2D eigenvalue weighted by Gasteiger charge is -2.15. The fourth-order valence-electron chi connectivity index (χ4n) is 1.72. The second-order valence-corrected chi connectivity index (χ2v) is 6.23. The van der Waals surface area contributed by atoms with E-state index in [-0.39, 0.29) is 23.0 Å². The Morgan fingerprint density at radius 3 is 2.71 bits per heavy atom. The van der Waals surface area contributed by atoms with Crippen LogP contribution in [0, 0.1) is 5.82 Å². The smallest absolute Gasteiger partial charge is 0.243 e. The first-order chi connectivity index (χ1) is 7.91. The molecule has 0 amide bonds. The SMILES string of the molecule is O=S(=O)(c1ccc(F)c(Cl)c1)N1CC[C@H](O)C1. The molecule has 0 bridgehead atoms. The van der Waals surface area contributed by atoms with Crippen LogP contribution in [0.4, 0.5) is 4.39 Å². The maximum absolute atomic E-state index is 12.9. The summed E-state index contributed by atoms with van der Waals surface area (Å²) >= 11 is 5.55. The molecule has 7 heteroatoms. The summed E-state index contributed by atoms with van der Waals surface area (Å²) in [6.45, 7) is 0.329. The van der Waals surface area contributed by atoms with Crippen LogP contribution in [0.1, 0.15) is 6.42 Å². The molecule has 1 aliphatic heterocycles. The van der Waals surface area contributed by atoms with E-state index in [1.54, 1.807) is 0 Å². The predicted molar refractivity (Wildman–Crippen MR) is 60.8 cm³/mol. The Labute approximate surface area is 104 Å². The van der Waals surface area contributed by atoms with Crippen LogP contribution in [-0.2, 0) is 10.0 Å². The van der Waals surface area contributed by atoms with Crippen LogP contribution >= 0.6 is 11.6 Å². The minimum Gasteiger partial charge on any atom is -0.392 e. The molecule has 1 N–H and O–H groups in total. The number of β-amino-alcohol motifs (C(OH)–C–C–N with tert-alkyl or cyclic N) is 1. The molecule has 17 heavy (non-hydrogen) atoms. The van der Waals surface area contributed by atoms with Gasteiger partial charge in [0.1, 0.15) is 5.82 Å². The van der Waals surface area contributed by atoms with E-state index in [2.05, 4.69) is 0 Å². The van der Waals surface area contributed by atoms with Gasteiger partial charge in [0.15, 0.2) is 0 Å². The van der Waals surface area contributed by atoms with Gasteiger partial charge in [-0.15, -0.1) is 0 Å². The molecule has 0 saturated carbocycles. The monoisotopic (exact) mass is 279 g/mol. The van der Waals surface area contributed by atoms with Crippen molar-refractivity contribution in [2.75, 3.05) is 13.1 Å². The molecule has 0 radical (unpaired) electrons. The molecule has 1 saturated heterocycles. The molecule has 2 rings (SSSR count). The third kappa shape index (κ3) is 2.44. The van der Waals surface area contributed by atoms with E-state index in [9.17, 15) is 17.9 Å². The quantitative estimate of drug-likeness (QED) is 0.886. The van der Waals surface area contributed by atoms with Crippen molar-refractivity contribution in [2.45, 2.75) is 17.4 Å². The lowest BCUT2D eigenvalue weighted by atomic mass is 10.3. The molecule has 1 aromatic rings. The van der Waals surface area contributed by atoms with Gasteiger partial charge in [-0.25, -0.2) is 12.8 Å². The van der Waals surface area contributed by atoms with Gasteiger partial charge in [0.2, 0.25) is 10.0 Å². The van der Waals surface area contributed by atoms with E-state index < -0.39 is 21.9 Å². The molecule has 1 atom stereocenters. The first kappa shape index (κ1) is 12.8. The first-order valence-corrected chi connectivity index (χ1v) is 6.86. The van der Waals surface area contributed by atoms with Crippen molar-refractivity contribution < 1.29 is 17.9 Å². The van der Waals surface area contributed by atoms with Gasteiger partial charge in [-0.05, 0) is 24.6 Å². The zero-order chi connectivity index (χ0) is 12.6. The van der Waals surface area contributed by atoms with Crippen LogP contribution in [-0.4, -0.2) is 37.0 Å². The molecular formula is C10H11ClFNO3S. The average molecular weight is 280 g/mol. The predicted octanol–water partition coefficient (Wildman–Crippen LogP) is 1.23. The van der Waals surface area contributed by atoms with Gasteiger partial charge in [0, 0.05) is 13.1 Å². The van der Waals surface area contributed by atoms with Crippen LogP contribution in [0.3, 0.4) is 0 Å². The molecule has 0 spiro atoms. The van der Waals surface area contributed by atoms with E-state index in [1.165, 1.54) is 10.4 Å². The lowest BCUT2D eigenvalue weighted by Crippen LogP contribution is -2.29. The van der Waals surface area contributed by atoms with Gasteiger partial charge in [-0.1, -0.05) is 11.6 Å². The second-order valence-electron chi connectivity index (χ2n) is 3.88. The summed E-state index contributed by atoms with van der Waals surface area (Å²) < 4.78 is 38.3. The number of rotatable bonds is 2. The highest BCUT2D eigenvalue weighted by molar-refractivity contribution is 7.89. The van der Waals surface area contributed by atoms with Crippen LogP contribution < -0.4 is 0 Å². The Bertz CT molecular complexity index is 534. The van der Waals surface area contributed by atoms with Gasteiger partial charge in [0.25, 0.3) is 0 Å². The third-order valence-corrected chi connectivity index (χ3v) is 4.81. The zero-order valence-corrected chi connectivity index (χ0v) is 10.4. The maximum Gasteiger partial charge on any atom is 0.243 e. The average Bonchev–Trinajstić information content (AvgIpc) is 2.69. The lowest BCUT2D eigenvalue weighted by molar-refractivity contribution is 0.189. The summed E-state index contributed by atoms with van der Waals surface area (Å²) in [5.74, 6) is -0.660. The van der Waals surface area contributed by atoms with E-state index in [0.717, 1.165) is 12.1 Å². The number of halogens is 2. The molecule has 0 aromatic heterocycles. The van der Waals surface area contributed by atoms with Crippen molar-refractivity contribution >= 4 is 21.6 Å². The number of hydrogen-bond acceptors (Lipinski definition) is 3. The number of nitrogens with zero attached hydrogens (tertiary/aromatic N) is 1. The van der Waals surface area contributed by atoms with Crippen LogP contribution in [0.25, 0.3) is 0 Å². The molecule has 1 aromatic carbocycles. The number of benzene rings is 1. The van der Waals surface area contributed by atoms with Crippen molar-refractivity contribution in [2.24, 2.45) is 0 Å². The van der Waals surface area contributed by atoms with Gasteiger partial charge >= 0.3 is 0 Å². The topological polar surface area (TPSA) is 57.6 Å². The highest BCUT2D eigenvalue weighted by Gasteiger charge is 2.31. The largest absolute Gasteiger partial charge is 0.392 e. The van der Waals surface area contributed by atoms with E-state index in [1.807, 2.05) is 0 Å². The molecule has 4 nitrogen and oxygen atoms in total. The molecule has 0 unspecified atom stereocenters. The summed E-state index contributed by atoms with van der Waals surface area (Å²) in [6, 6.07) is 3.26. The zero-order valence-electron chi connectivity index (χ0n) is 8.81. The van der Waals surface area contributed by atoms with Crippen molar-refractivity contribution in [1.29, 1.82) is 0 Å². The summed E-state index contributed by atoms with van der Waals surface area (Å²) in [4.78, 5) is -0.0574. The summed E-state index contributed by atoms with van der Waals surface area (Å²) in [6.07, 6.45) is -0.227. The molecule has 94 valence electrons. The Hall–Kier alpha value is -0.690. The summed E-state index contributed by atoms with van der Waals surface area (Å²) in [5, 5.41) is 9.09. The first-order valence-electron chi connectivity index (χ1n) is 5.04. The van der Waals surface area contributed by atoms with E-state index in [0.29, 0.717) is 6.42 Å². The molecule has 1 fully saturated rings.